The van der Waals surface area contributed by atoms with Crippen LogP contribution in [0.4, 0.5) is 5.69 Å². The first-order chi connectivity index (χ1) is 11.5. The molecule has 7 nitrogen and oxygen atoms in total. The maximum Gasteiger partial charge on any atom is 0.307 e. The lowest BCUT2D eigenvalue weighted by Gasteiger charge is -1.98. The number of nitrogens with one attached hydrogen (secondary N) is 1. The molecule has 1 heterocycles. The monoisotopic (exact) mass is 343 g/mol. The predicted molar refractivity (Wildman–Crippen MR) is 89.4 cm³/mol. The molecule has 24 heavy (non-hydrogen) atoms. The molecule has 0 unspecified atom stereocenters. The highest BCUT2D eigenvalue weighted by Crippen LogP contribution is 2.21. The second kappa shape index (κ2) is 6.51. The van der Waals surface area contributed by atoms with Gasteiger partial charge < -0.3 is 4.42 Å². The van der Waals surface area contributed by atoms with Gasteiger partial charge in [-0.3, -0.25) is 14.9 Å². The van der Waals surface area contributed by atoms with Crippen molar-refractivity contribution >= 4 is 40.4 Å². The molecule has 3 rings (SSSR count). The van der Waals surface area contributed by atoms with Crippen LogP contribution in [-0.2, 0) is 0 Å². The van der Waals surface area contributed by atoms with E-state index < -0.39 is 10.8 Å². The van der Waals surface area contributed by atoms with E-state index in [-0.39, 0.29) is 16.5 Å². The fourth-order valence-corrected chi connectivity index (χ4v) is 2.22. The number of nitrogens with zero attached hydrogens (tertiary/aromatic N) is 2. The number of rotatable bonds is 4. The van der Waals surface area contributed by atoms with E-state index in [1.54, 1.807) is 18.2 Å². The summed E-state index contributed by atoms with van der Waals surface area (Å²) in [7, 11) is 0. The van der Waals surface area contributed by atoms with Crippen molar-refractivity contribution in [1.29, 1.82) is 0 Å². The number of nitro benzene ring substituents is 1. The SMILES string of the molecule is O=C(N/N=C/c1cc([N+](=O)[O-])ccc1Cl)c1cc2ccccc2o1. The molecule has 1 amide bonds. The summed E-state index contributed by atoms with van der Waals surface area (Å²) in [4.78, 5) is 22.2. The molecule has 0 bridgehead atoms. The van der Waals surface area contributed by atoms with E-state index in [1.165, 1.54) is 24.4 Å². The van der Waals surface area contributed by atoms with Crippen LogP contribution >= 0.6 is 11.6 Å². The largest absolute Gasteiger partial charge is 0.451 e. The fourth-order valence-electron chi connectivity index (χ4n) is 2.05. The number of nitro groups is 1. The Balaban J connectivity index is 1.75. The third-order valence-corrected chi connectivity index (χ3v) is 3.55. The second-order valence-electron chi connectivity index (χ2n) is 4.81. The second-order valence-corrected chi connectivity index (χ2v) is 5.22. The number of non-ortho nitro benzene ring substituents is 1. The summed E-state index contributed by atoms with van der Waals surface area (Å²) in [6.45, 7) is 0. The lowest BCUT2D eigenvalue weighted by Crippen LogP contribution is -2.16. The van der Waals surface area contributed by atoms with Gasteiger partial charge in [0.1, 0.15) is 5.58 Å². The summed E-state index contributed by atoms with van der Waals surface area (Å²) in [6, 6.07) is 12.7. The fraction of sp³-hybridized carbons (Fsp3) is 0. The van der Waals surface area contributed by atoms with Crippen LogP contribution < -0.4 is 5.43 Å². The first kappa shape index (κ1) is 15.7. The standard InChI is InChI=1S/C16H10ClN3O4/c17-13-6-5-12(20(22)23)7-11(13)9-18-19-16(21)15-8-10-3-1-2-4-14(10)24-15/h1-9H,(H,19,21)/b18-9+. The van der Waals surface area contributed by atoms with Gasteiger partial charge in [-0.15, -0.1) is 0 Å². The van der Waals surface area contributed by atoms with Crippen LogP contribution in [0.5, 0.6) is 0 Å². The Morgan fingerprint density at radius 2 is 2.04 bits per heavy atom. The number of halogens is 1. The van der Waals surface area contributed by atoms with Crippen LogP contribution in [0, 0.1) is 10.1 Å². The summed E-state index contributed by atoms with van der Waals surface area (Å²) in [5.74, 6) is -0.428. The number of carbonyl (C=O) groups excluding carboxylic acids is 1. The van der Waals surface area contributed by atoms with E-state index in [1.807, 2.05) is 12.1 Å². The molecule has 0 fully saturated rings. The van der Waals surface area contributed by atoms with Crippen molar-refractivity contribution in [1.82, 2.24) is 5.43 Å². The smallest absolute Gasteiger partial charge is 0.307 e. The van der Waals surface area contributed by atoms with Gasteiger partial charge in [-0.1, -0.05) is 29.8 Å². The molecule has 8 heteroatoms. The van der Waals surface area contributed by atoms with Gasteiger partial charge in [0.15, 0.2) is 5.76 Å². The number of furan rings is 1. The summed E-state index contributed by atoms with van der Waals surface area (Å²) in [5.41, 5.74) is 3.08. The molecule has 2 aromatic carbocycles. The highest BCUT2D eigenvalue weighted by molar-refractivity contribution is 6.33. The zero-order valence-corrected chi connectivity index (χ0v) is 12.9. The van der Waals surface area contributed by atoms with Gasteiger partial charge in [0.2, 0.25) is 0 Å². The van der Waals surface area contributed by atoms with E-state index in [0.29, 0.717) is 11.1 Å². The Morgan fingerprint density at radius 3 is 2.79 bits per heavy atom. The summed E-state index contributed by atoms with van der Waals surface area (Å²) < 4.78 is 5.41. The molecule has 1 N–H and O–H groups in total. The van der Waals surface area contributed by atoms with E-state index in [2.05, 4.69) is 10.5 Å². The van der Waals surface area contributed by atoms with Crippen molar-refractivity contribution in [2.24, 2.45) is 5.10 Å². The zero-order valence-electron chi connectivity index (χ0n) is 12.1. The van der Waals surface area contributed by atoms with Gasteiger partial charge in [-0.2, -0.15) is 5.10 Å². The summed E-state index contributed by atoms with van der Waals surface area (Å²) in [6.07, 6.45) is 1.23. The molecular formula is C16H10ClN3O4. The number of amides is 1. The molecule has 0 radical (unpaired) electrons. The number of benzene rings is 2. The Kier molecular flexibility index (Phi) is 4.26. The average Bonchev–Trinajstić information content (AvgIpc) is 3.00. The molecule has 0 aliphatic heterocycles. The molecule has 0 aliphatic carbocycles. The normalized spacial score (nSPS) is 11.0. The van der Waals surface area contributed by atoms with E-state index >= 15 is 0 Å². The minimum atomic E-state index is -0.541. The minimum Gasteiger partial charge on any atom is -0.451 e. The van der Waals surface area contributed by atoms with E-state index in [0.717, 1.165) is 5.39 Å². The molecule has 120 valence electrons. The average molecular weight is 344 g/mol. The van der Waals surface area contributed by atoms with Crippen molar-refractivity contribution in [3.63, 3.8) is 0 Å². The first-order valence-corrected chi connectivity index (χ1v) is 7.18. The number of hydrogen-bond donors (Lipinski definition) is 1. The van der Waals surface area contributed by atoms with Crippen LogP contribution in [0.3, 0.4) is 0 Å². The first-order valence-electron chi connectivity index (χ1n) is 6.80. The van der Waals surface area contributed by atoms with Crippen LogP contribution in [0.25, 0.3) is 11.0 Å². The van der Waals surface area contributed by atoms with Gasteiger partial charge in [-0.25, -0.2) is 5.43 Å². The van der Waals surface area contributed by atoms with Gasteiger partial charge in [0, 0.05) is 28.1 Å². The molecular weight excluding hydrogens is 334 g/mol. The van der Waals surface area contributed by atoms with Crippen LogP contribution in [0.2, 0.25) is 5.02 Å². The molecule has 0 saturated heterocycles. The summed E-state index contributed by atoms with van der Waals surface area (Å²) in [5, 5.41) is 15.6. The van der Waals surface area contributed by atoms with Crippen molar-refractivity contribution in [3.05, 3.63) is 75.0 Å². The Bertz CT molecular complexity index is 932. The zero-order chi connectivity index (χ0) is 17.1. The highest BCUT2D eigenvalue weighted by Gasteiger charge is 2.11. The van der Waals surface area contributed by atoms with Crippen molar-refractivity contribution < 1.29 is 14.1 Å². The molecule has 0 saturated carbocycles. The molecule has 0 aliphatic rings. The Hall–Kier alpha value is -3.19. The van der Waals surface area contributed by atoms with Gasteiger partial charge >= 0.3 is 5.91 Å². The van der Waals surface area contributed by atoms with E-state index in [4.69, 9.17) is 16.0 Å². The Labute approximate surface area is 140 Å². The van der Waals surface area contributed by atoms with Gasteiger partial charge in [0.05, 0.1) is 11.1 Å². The number of carbonyl (C=O) groups is 1. The molecule has 3 aromatic rings. The molecule has 0 spiro atoms. The number of fused-ring (bicyclic) bond motifs is 1. The minimum absolute atomic E-state index is 0.110. The lowest BCUT2D eigenvalue weighted by molar-refractivity contribution is -0.384. The van der Waals surface area contributed by atoms with Crippen molar-refractivity contribution in [2.45, 2.75) is 0 Å². The Morgan fingerprint density at radius 1 is 1.25 bits per heavy atom. The quantitative estimate of drug-likeness (QED) is 0.443. The topological polar surface area (TPSA) is 97.7 Å². The van der Waals surface area contributed by atoms with Crippen LogP contribution in [0.15, 0.2) is 58.0 Å². The molecule has 0 atom stereocenters. The van der Waals surface area contributed by atoms with Gasteiger partial charge in [-0.05, 0) is 18.2 Å². The van der Waals surface area contributed by atoms with Gasteiger partial charge in [0.25, 0.3) is 5.69 Å². The van der Waals surface area contributed by atoms with Crippen LogP contribution in [0.1, 0.15) is 16.1 Å². The van der Waals surface area contributed by atoms with Crippen LogP contribution in [-0.4, -0.2) is 17.0 Å². The van der Waals surface area contributed by atoms with Crippen molar-refractivity contribution in [3.8, 4) is 0 Å². The molecule has 1 aromatic heterocycles. The predicted octanol–water partition coefficient (Wildman–Crippen LogP) is 3.76. The third-order valence-electron chi connectivity index (χ3n) is 3.21. The third kappa shape index (κ3) is 3.26. The van der Waals surface area contributed by atoms with E-state index in [9.17, 15) is 14.9 Å². The van der Waals surface area contributed by atoms with Crippen molar-refractivity contribution in [2.75, 3.05) is 0 Å². The lowest BCUT2D eigenvalue weighted by atomic mass is 10.2. The number of hydrogen-bond acceptors (Lipinski definition) is 5. The maximum absolute atomic E-state index is 12.0. The summed E-state index contributed by atoms with van der Waals surface area (Å²) >= 11 is 5.94. The maximum atomic E-state index is 12.0. The number of para-hydroxylation sites is 1. The highest BCUT2D eigenvalue weighted by atomic mass is 35.5. The number of hydrazone groups is 1.